The van der Waals surface area contributed by atoms with E-state index >= 15 is 0 Å². The molecule has 0 aliphatic heterocycles. The summed E-state index contributed by atoms with van der Waals surface area (Å²) >= 11 is 0. The van der Waals surface area contributed by atoms with Crippen LogP contribution in [0.1, 0.15) is 13.8 Å². The van der Waals surface area contributed by atoms with Crippen LogP contribution in [0.3, 0.4) is 0 Å². The minimum absolute atomic E-state index is 0.156. The molecule has 0 fully saturated rings. The van der Waals surface area contributed by atoms with Gasteiger partial charge in [-0.25, -0.2) is 0 Å². The molecule has 0 aliphatic rings. The second-order valence-electron chi connectivity index (χ2n) is 1.71. The molecule has 4 nitrogen and oxygen atoms in total. The molecule has 0 aromatic heterocycles. The van der Waals surface area contributed by atoms with E-state index in [0.717, 1.165) is 0 Å². The van der Waals surface area contributed by atoms with E-state index < -0.39 is 0 Å². The van der Waals surface area contributed by atoms with Crippen molar-refractivity contribution in [1.29, 1.82) is 0 Å². The standard InChI is InChI=1S/C5H10N2O2/c1-4(6-3-8)7-5(2)9/h3-4H,1-2H3,(H,6,8)(H,7,9). The normalized spacial score (nSPS) is 11.8. The van der Waals surface area contributed by atoms with Gasteiger partial charge in [0.2, 0.25) is 12.3 Å². The predicted molar refractivity (Wildman–Crippen MR) is 32.5 cm³/mol. The van der Waals surface area contributed by atoms with Gasteiger partial charge in [-0.1, -0.05) is 0 Å². The Balaban J connectivity index is 3.37. The fourth-order valence-corrected chi connectivity index (χ4v) is 0.449. The molecule has 0 spiro atoms. The Morgan fingerprint density at radius 1 is 1.67 bits per heavy atom. The van der Waals surface area contributed by atoms with Crippen molar-refractivity contribution in [3.63, 3.8) is 0 Å². The second-order valence-corrected chi connectivity index (χ2v) is 1.71. The summed E-state index contributed by atoms with van der Waals surface area (Å²) in [5.41, 5.74) is 0. The Bertz CT molecular complexity index is 114. The number of nitrogens with one attached hydrogen (secondary N) is 2. The Labute approximate surface area is 53.6 Å². The number of carbonyl (C=O) groups is 2. The van der Waals surface area contributed by atoms with Crippen LogP contribution >= 0.6 is 0 Å². The molecule has 2 N–H and O–H groups in total. The van der Waals surface area contributed by atoms with Crippen LogP contribution < -0.4 is 10.6 Å². The van der Waals surface area contributed by atoms with Gasteiger partial charge in [-0.2, -0.15) is 0 Å². The number of hydrogen-bond donors (Lipinski definition) is 2. The minimum atomic E-state index is -0.278. The lowest BCUT2D eigenvalue weighted by Crippen LogP contribution is -2.41. The van der Waals surface area contributed by atoms with E-state index in [-0.39, 0.29) is 12.1 Å². The highest BCUT2D eigenvalue weighted by molar-refractivity contribution is 5.73. The Hall–Kier alpha value is -1.06. The molecule has 1 atom stereocenters. The maximum atomic E-state index is 10.3. The topological polar surface area (TPSA) is 58.2 Å². The SMILES string of the molecule is CC(=O)NC(C)NC=O. The van der Waals surface area contributed by atoms with Crippen molar-refractivity contribution in [2.75, 3.05) is 0 Å². The summed E-state index contributed by atoms with van der Waals surface area (Å²) < 4.78 is 0. The third-order valence-corrected chi connectivity index (χ3v) is 0.738. The summed E-state index contributed by atoms with van der Waals surface area (Å²) in [5, 5.41) is 4.83. The molecule has 0 saturated carbocycles. The average Bonchev–Trinajstić information content (AvgIpc) is 1.63. The molecular weight excluding hydrogens is 120 g/mol. The summed E-state index contributed by atoms with van der Waals surface area (Å²) in [6.45, 7) is 3.07. The van der Waals surface area contributed by atoms with E-state index in [4.69, 9.17) is 0 Å². The first-order valence-corrected chi connectivity index (χ1v) is 2.63. The van der Waals surface area contributed by atoms with Gasteiger partial charge >= 0.3 is 0 Å². The molecule has 0 aliphatic carbocycles. The second kappa shape index (κ2) is 3.88. The monoisotopic (exact) mass is 130 g/mol. The quantitative estimate of drug-likeness (QED) is 0.388. The van der Waals surface area contributed by atoms with Crippen molar-refractivity contribution in [2.24, 2.45) is 0 Å². The first kappa shape index (κ1) is 7.94. The Morgan fingerprint density at radius 3 is 2.56 bits per heavy atom. The molecule has 0 heterocycles. The molecule has 0 aromatic carbocycles. The summed E-state index contributed by atoms with van der Waals surface area (Å²) in [7, 11) is 0. The van der Waals surface area contributed by atoms with Gasteiger partial charge in [0.25, 0.3) is 0 Å². The minimum Gasteiger partial charge on any atom is -0.339 e. The van der Waals surface area contributed by atoms with Crippen LogP contribution in [0, 0.1) is 0 Å². The van der Waals surface area contributed by atoms with Gasteiger partial charge in [-0.15, -0.1) is 0 Å². The van der Waals surface area contributed by atoms with Crippen molar-refractivity contribution in [2.45, 2.75) is 20.0 Å². The summed E-state index contributed by atoms with van der Waals surface area (Å²) in [6.07, 6.45) is 0.264. The predicted octanol–water partition coefficient (Wildman–Crippen LogP) is -0.786. The number of amides is 2. The van der Waals surface area contributed by atoms with Crippen LogP contribution in [0.2, 0.25) is 0 Å². The van der Waals surface area contributed by atoms with Crippen LogP contribution in [0.4, 0.5) is 0 Å². The van der Waals surface area contributed by atoms with Crippen molar-refractivity contribution >= 4 is 12.3 Å². The summed E-state index contributed by atoms with van der Waals surface area (Å²) in [5.74, 6) is -0.156. The zero-order valence-electron chi connectivity index (χ0n) is 5.47. The van der Waals surface area contributed by atoms with Crippen LogP contribution in [0.15, 0.2) is 0 Å². The smallest absolute Gasteiger partial charge is 0.218 e. The number of hydrogen-bond acceptors (Lipinski definition) is 2. The van der Waals surface area contributed by atoms with Gasteiger partial charge in [0.1, 0.15) is 0 Å². The molecule has 52 valence electrons. The van der Waals surface area contributed by atoms with E-state index in [1.54, 1.807) is 6.92 Å². The molecule has 9 heavy (non-hydrogen) atoms. The van der Waals surface area contributed by atoms with Gasteiger partial charge in [0, 0.05) is 6.92 Å². The molecular formula is C5H10N2O2. The van der Waals surface area contributed by atoms with E-state index in [9.17, 15) is 9.59 Å². The Morgan fingerprint density at radius 2 is 2.22 bits per heavy atom. The maximum Gasteiger partial charge on any atom is 0.218 e. The summed E-state index contributed by atoms with van der Waals surface area (Å²) in [4.78, 5) is 20.0. The molecule has 0 bridgehead atoms. The van der Waals surface area contributed by atoms with Gasteiger partial charge in [0.05, 0.1) is 6.17 Å². The van der Waals surface area contributed by atoms with Crippen LogP contribution in [-0.4, -0.2) is 18.5 Å². The van der Waals surface area contributed by atoms with Gasteiger partial charge in [-0.3, -0.25) is 9.59 Å². The number of rotatable bonds is 3. The third-order valence-electron chi connectivity index (χ3n) is 0.738. The van der Waals surface area contributed by atoms with Crippen LogP contribution in [0.5, 0.6) is 0 Å². The summed E-state index contributed by atoms with van der Waals surface area (Å²) in [6, 6.07) is 0. The molecule has 0 rings (SSSR count). The van der Waals surface area contributed by atoms with Crippen molar-refractivity contribution in [3.8, 4) is 0 Å². The molecule has 1 unspecified atom stereocenters. The highest BCUT2D eigenvalue weighted by atomic mass is 16.2. The van der Waals surface area contributed by atoms with Crippen molar-refractivity contribution < 1.29 is 9.59 Å². The molecule has 2 amide bonds. The van der Waals surface area contributed by atoms with Crippen molar-refractivity contribution in [1.82, 2.24) is 10.6 Å². The zero-order chi connectivity index (χ0) is 7.28. The first-order valence-electron chi connectivity index (χ1n) is 2.63. The largest absolute Gasteiger partial charge is 0.339 e. The highest BCUT2D eigenvalue weighted by Crippen LogP contribution is 1.69. The lowest BCUT2D eigenvalue weighted by molar-refractivity contribution is -0.120. The lowest BCUT2D eigenvalue weighted by atomic mass is 10.5. The third kappa shape index (κ3) is 4.80. The van der Waals surface area contributed by atoms with Crippen LogP contribution in [-0.2, 0) is 9.59 Å². The highest BCUT2D eigenvalue weighted by Gasteiger charge is 1.97. The molecule has 4 heteroatoms. The lowest BCUT2D eigenvalue weighted by Gasteiger charge is -2.09. The molecule has 0 saturated heterocycles. The first-order chi connectivity index (χ1) is 4.16. The van der Waals surface area contributed by atoms with E-state index in [2.05, 4.69) is 10.6 Å². The van der Waals surface area contributed by atoms with E-state index in [0.29, 0.717) is 6.41 Å². The van der Waals surface area contributed by atoms with Gasteiger partial charge in [-0.05, 0) is 6.92 Å². The van der Waals surface area contributed by atoms with E-state index in [1.807, 2.05) is 0 Å². The van der Waals surface area contributed by atoms with Crippen molar-refractivity contribution in [3.05, 3.63) is 0 Å². The van der Waals surface area contributed by atoms with Crippen LogP contribution in [0.25, 0.3) is 0 Å². The molecule has 0 radical (unpaired) electrons. The maximum absolute atomic E-state index is 10.3. The fraction of sp³-hybridized carbons (Fsp3) is 0.600. The average molecular weight is 130 g/mol. The van der Waals surface area contributed by atoms with Gasteiger partial charge in [0.15, 0.2) is 0 Å². The Kier molecular flexibility index (Phi) is 3.43. The number of carbonyl (C=O) groups excluding carboxylic acids is 2. The zero-order valence-corrected chi connectivity index (χ0v) is 5.47. The van der Waals surface area contributed by atoms with E-state index in [1.165, 1.54) is 6.92 Å². The fourth-order valence-electron chi connectivity index (χ4n) is 0.449. The molecule has 0 aromatic rings. The van der Waals surface area contributed by atoms with Gasteiger partial charge < -0.3 is 10.6 Å².